The lowest BCUT2D eigenvalue weighted by atomic mass is 10.1. The number of hydrazone groups is 1. The van der Waals surface area contributed by atoms with Crippen molar-refractivity contribution in [3.05, 3.63) is 36.2 Å². The second-order valence-electron chi connectivity index (χ2n) is 6.39. The maximum atomic E-state index is 10.4. The number of aromatic hydroxyl groups is 1. The Bertz CT molecular complexity index is 1060. The Labute approximate surface area is 163 Å². The number of aromatic nitrogens is 4. The molecule has 1 aromatic carbocycles. The van der Waals surface area contributed by atoms with Crippen LogP contribution in [0.4, 0.5) is 11.8 Å². The maximum Gasteiger partial charge on any atom is 0.228 e. The number of ether oxygens (including phenoxy) is 1. The number of phenolic OH excluding ortho intramolecular Hbond substituents is 1. The maximum absolute atomic E-state index is 10.4. The molecular formula is C17H19N7O5. The number of rotatable bonds is 5. The molecule has 1 saturated heterocycles. The summed E-state index contributed by atoms with van der Waals surface area (Å²) >= 11 is 0. The van der Waals surface area contributed by atoms with E-state index in [1.165, 1.54) is 23.2 Å². The van der Waals surface area contributed by atoms with Crippen molar-refractivity contribution in [3.8, 4) is 5.75 Å². The van der Waals surface area contributed by atoms with Gasteiger partial charge in [0.15, 0.2) is 23.2 Å². The van der Waals surface area contributed by atoms with Crippen LogP contribution in [0.5, 0.6) is 5.75 Å². The molecule has 12 nitrogen and oxygen atoms in total. The monoisotopic (exact) mass is 401 g/mol. The van der Waals surface area contributed by atoms with Gasteiger partial charge in [0.2, 0.25) is 5.95 Å². The van der Waals surface area contributed by atoms with Gasteiger partial charge in [0.05, 0.1) is 12.8 Å². The number of fused-ring (bicyclic) bond motifs is 1. The van der Waals surface area contributed by atoms with Gasteiger partial charge in [-0.05, 0) is 12.1 Å². The van der Waals surface area contributed by atoms with Crippen LogP contribution in [-0.2, 0) is 4.74 Å². The molecule has 2 aromatic heterocycles. The average molecular weight is 401 g/mol. The molecule has 0 saturated carbocycles. The van der Waals surface area contributed by atoms with E-state index in [0.717, 1.165) is 0 Å². The van der Waals surface area contributed by atoms with Gasteiger partial charge < -0.3 is 30.9 Å². The van der Waals surface area contributed by atoms with Crippen molar-refractivity contribution in [1.29, 1.82) is 0 Å². The van der Waals surface area contributed by atoms with E-state index >= 15 is 0 Å². The molecular weight excluding hydrogens is 382 g/mol. The Morgan fingerprint density at radius 1 is 1.24 bits per heavy atom. The van der Waals surface area contributed by atoms with E-state index < -0.39 is 31.1 Å². The zero-order valence-electron chi connectivity index (χ0n) is 15.0. The molecule has 3 heterocycles. The van der Waals surface area contributed by atoms with Crippen molar-refractivity contribution < 1.29 is 25.2 Å². The smallest absolute Gasteiger partial charge is 0.228 e. The lowest BCUT2D eigenvalue weighted by Crippen LogP contribution is -2.33. The molecule has 0 aliphatic carbocycles. The number of nitrogens with zero attached hydrogens (tertiary/aromatic N) is 5. The Kier molecular flexibility index (Phi) is 4.98. The van der Waals surface area contributed by atoms with Crippen LogP contribution in [0.1, 0.15) is 11.8 Å². The minimum absolute atomic E-state index is 0.0464. The molecule has 4 rings (SSSR count). The molecule has 0 spiro atoms. The molecule has 0 radical (unpaired) electrons. The summed E-state index contributed by atoms with van der Waals surface area (Å²) in [6, 6.07) is 6.61. The largest absolute Gasteiger partial charge is 0.507 e. The van der Waals surface area contributed by atoms with Gasteiger partial charge in [0.25, 0.3) is 0 Å². The summed E-state index contributed by atoms with van der Waals surface area (Å²) < 4.78 is 6.97. The van der Waals surface area contributed by atoms with Gasteiger partial charge in [-0.1, -0.05) is 12.1 Å². The number of aliphatic hydroxyl groups excluding tert-OH is 3. The number of benzene rings is 1. The van der Waals surface area contributed by atoms with Crippen LogP contribution in [-0.4, -0.2) is 71.1 Å². The quantitative estimate of drug-likeness (QED) is 0.233. The summed E-state index contributed by atoms with van der Waals surface area (Å²) in [4.78, 5) is 12.3. The normalized spacial score (nSPS) is 24.5. The molecule has 29 heavy (non-hydrogen) atoms. The lowest BCUT2D eigenvalue weighted by Gasteiger charge is -2.18. The van der Waals surface area contributed by atoms with Gasteiger partial charge in [-0.2, -0.15) is 5.10 Å². The second kappa shape index (κ2) is 7.60. The summed E-state index contributed by atoms with van der Waals surface area (Å²) in [6.45, 7) is -0.479. The Balaban J connectivity index is 1.73. The highest BCUT2D eigenvalue weighted by molar-refractivity contribution is 5.85. The number of nitrogens with two attached hydrogens (primary N) is 1. The van der Waals surface area contributed by atoms with Gasteiger partial charge in [0, 0.05) is 5.56 Å². The topological polar surface area (TPSA) is 184 Å². The van der Waals surface area contributed by atoms with Crippen molar-refractivity contribution in [1.82, 2.24) is 19.5 Å². The van der Waals surface area contributed by atoms with E-state index in [0.29, 0.717) is 5.56 Å². The number of nitrogen functional groups attached to an aromatic ring is 1. The third-order valence-electron chi connectivity index (χ3n) is 4.58. The SMILES string of the molecule is Nc1ncnc2c1nc(NN=Cc1ccccc1O)n2C1OC(CO)C(O)C1O. The van der Waals surface area contributed by atoms with Crippen LogP contribution in [0.3, 0.4) is 0 Å². The van der Waals surface area contributed by atoms with Crippen molar-refractivity contribution in [2.45, 2.75) is 24.5 Å². The molecule has 1 aliphatic rings. The third kappa shape index (κ3) is 3.34. The first-order chi connectivity index (χ1) is 14.0. The number of para-hydroxylation sites is 1. The van der Waals surface area contributed by atoms with Crippen molar-refractivity contribution >= 4 is 29.1 Å². The number of imidazole rings is 1. The van der Waals surface area contributed by atoms with Crippen molar-refractivity contribution in [2.75, 3.05) is 17.8 Å². The number of hydrogen-bond donors (Lipinski definition) is 6. The molecule has 7 N–H and O–H groups in total. The Hall–Kier alpha value is -3.32. The van der Waals surface area contributed by atoms with E-state index in [2.05, 4.69) is 25.5 Å². The summed E-state index contributed by atoms with van der Waals surface area (Å²) in [6.07, 6.45) is -2.14. The molecule has 3 aromatic rings. The first-order valence-corrected chi connectivity index (χ1v) is 8.69. The van der Waals surface area contributed by atoms with E-state index in [9.17, 15) is 20.4 Å². The summed E-state index contributed by atoms with van der Waals surface area (Å²) in [5, 5.41) is 43.8. The molecule has 12 heteroatoms. The van der Waals surface area contributed by atoms with Crippen LogP contribution >= 0.6 is 0 Å². The van der Waals surface area contributed by atoms with Gasteiger partial charge in [-0.15, -0.1) is 0 Å². The average Bonchev–Trinajstić information content (AvgIpc) is 3.22. The highest BCUT2D eigenvalue weighted by atomic mass is 16.6. The molecule has 0 amide bonds. The zero-order chi connectivity index (χ0) is 20.5. The minimum Gasteiger partial charge on any atom is -0.507 e. The van der Waals surface area contributed by atoms with Crippen LogP contribution in [0, 0.1) is 0 Å². The summed E-state index contributed by atoms with van der Waals surface area (Å²) in [5.74, 6) is 0.257. The van der Waals surface area contributed by atoms with Crippen molar-refractivity contribution in [2.24, 2.45) is 5.10 Å². The highest BCUT2D eigenvalue weighted by Gasteiger charge is 2.45. The van der Waals surface area contributed by atoms with Gasteiger partial charge in [-0.25, -0.2) is 20.4 Å². The van der Waals surface area contributed by atoms with Crippen molar-refractivity contribution in [3.63, 3.8) is 0 Å². The predicted molar refractivity (Wildman–Crippen MR) is 102 cm³/mol. The van der Waals surface area contributed by atoms with Gasteiger partial charge >= 0.3 is 0 Å². The Morgan fingerprint density at radius 2 is 2.03 bits per heavy atom. The summed E-state index contributed by atoms with van der Waals surface area (Å²) in [5.41, 5.74) is 9.53. The fourth-order valence-corrected chi connectivity index (χ4v) is 3.10. The number of anilines is 2. The van der Waals surface area contributed by atoms with E-state index in [4.69, 9.17) is 10.5 Å². The Morgan fingerprint density at radius 3 is 2.76 bits per heavy atom. The lowest BCUT2D eigenvalue weighted by molar-refractivity contribution is -0.0501. The second-order valence-corrected chi connectivity index (χ2v) is 6.39. The molecule has 4 atom stereocenters. The fourth-order valence-electron chi connectivity index (χ4n) is 3.10. The predicted octanol–water partition coefficient (Wildman–Crippen LogP) is -0.828. The van der Waals surface area contributed by atoms with Gasteiger partial charge in [0.1, 0.15) is 30.4 Å². The van der Waals surface area contributed by atoms with Crippen LogP contribution < -0.4 is 11.2 Å². The third-order valence-corrected chi connectivity index (χ3v) is 4.58. The van der Waals surface area contributed by atoms with Crippen LogP contribution in [0.15, 0.2) is 35.7 Å². The molecule has 1 fully saturated rings. The molecule has 1 aliphatic heterocycles. The zero-order valence-corrected chi connectivity index (χ0v) is 15.0. The minimum atomic E-state index is -1.36. The van der Waals surface area contributed by atoms with Crippen LogP contribution in [0.2, 0.25) is 0 Å². The number of phenols is 1. The first kappa shape index (κ1) is 19.0. The van der Waals surface area contributed by atoms with Gasteiger partial charge in [-0.3, -0.25) is 4.57 Å². The number of hydrogen-bond acceptors (Lipinski definition) is 11. The highest BCUT2D eigenvalue weighted by Crippen LogP contribution is 2.35. The molecule has 0 bridgehead atoms. The number of nitrogens with one attached hydrogen (secondary N) is 1. The summed E-state index contributed by atoms with van der Waals surface area (Å²) in [7, 11) is 0. The number of aliphatic hydroxyl groups is 3. The van der Waals surface area contributed by atoms with E-state index in [-0.39, 0.29) is 28.7 Å². The molecule has 4 unspecified atom stereocenters. The molecule has 152 valence electrons. The van der Waals surface area contributed by atoms with Crippen LogP contribution in [0.25, 0.3) is 11.2 Å². The van der Waals surface area contributed by atoms with E-state index in [1.807, 2.05) is 0 Å². The standard InChI is InChI=1S/C17H19N7O5/c18-14-11-15(20-7-19-14)24(16-13(28)12(27)10(6-25)29-16)17(22-11)23-21-5-8-3-1-2-4-9(8)26/h1-5,7,10,12-13,16,25-28H,6H2,(H,22,23)(H2,18,19,20). The fraction of sp³-hybridized carbons (Fsp3) is 0.294. The van der Waals surface area contributed by atoms with E-state index in [1.54, 1.807) is 18.2 Å². The first-order valence-electron chi connectivity index (χ1n) is 8.69.